The molecule has 7 aromatic rings. The third-order valence-corrected chi connectivity index (χ3v) is 9.31. The van der Waals surface area contributed by atoms with E-state index >= 15 is 0 Å². The van der Waals surface area contributed by atoms with Crippen LogP contribution in [-0.2, 0) is 37.3 Å². The minimum atomic E-state index is -0.261. The number of nitrogens with zero attached hydrogens (tertiary/aromatic N) is 5. The van der Waals surface area contributed by atoms with Crippen molar-refractivity contribution < 1.29 is 30.7 Å². The molecule has 256 valence electrons. The first-order valence-corrected chi connectivity index (χ1v) is 16.9. The van der Waals surface area contributed by atoms with E-state index < -0.39 is 0 Å². The standard InChI is InChI=1S/C43H44N5O.Pt/c1-41(2,3)28-20-22-44-33(24-28)31-26-46(40-30(31)15-14-21-45-40)34-16-10-11-17-35(34)47-27-48(37-19-13-12-18-36(37)47)38-25-29(42(4,5)6)23-32(39(38)49)43(7,8)9;/h10-25,49H,1-9H3;/q-1;+2. The van der Waals surface area contributed by atoms with Crippen molar-refractivity contribution in [2.24, 2.45) is 0 Å². The molecular weight excluding hydrogens is 798 g/mol. The van der Waals surface area contributed by atoms with Gasteiger partial charge in [0.25, 0.3) is 6.33 Å². The van der Waals surface area contributed by atoms with E-state index in [0.29, 0.717) is 5.69 Å². The predicted octanol–water partition coefficient (Wildman–Crippen LogP) is 9.50. The minimum Gasteiger partial charge on any atom is -0.511 e. The molecule has 0 fully saturated rings. The number of benzene rings is 3. The Labute approximate surface area is 309 Å². The van der Waals surface area contributed by atoms with Gasteiger partial charge in [0, 0.05) is 23.7 Å². The van der Waals surface area contributed by atoms with Crippen molar-refractivity contribution in [2.75, 3.05) is 0 Å². The molecule has 4 heterocycles. The summed E-state index contributed by atoms with van der Waals surface area (Å²) >= 11 is 0. The first-order chi connectivity index (χ1) is 23.1. The van der Waals surface area contributed by atoms with Gasteiger partial charge in [-0.25, -0.2) is 0 Å². The second-order valence-electron chi connectivity index (χ2n) is 16.0. The van der Waals surface area contributed by atoms with Gasteiger partial charge < -0.3 is 9.67 Å². The summed E-state index contributed by atoms with van der Waals surface area (Å²) < 4.78 is 6.11. The van der Waals surface area contributed by atoms with Crippen LogP contribution in [0, 0.1) is 12.5 Å². The molecule has 0 aliphatic carbocycles. The molecule has 3 aromatic carbocycles. The average Bonchev–Trinajstić information content (AvgIpc) is 3.63. The Hall–Kier alpha value is -4.54. The molecule has 0 bridgehead atoms. The number of hydrogen-bond acceptors (Lipinski definition) is 3. The van der Waals surface area contributed by atoms with Gasteiger partial charge in [-0.05, 0) is 57.0 Å². The number of para-hydroxylation sites is 4. The van der Waals surface area contributed by atoms with Crippen molar-refractivity contribution in [1.29, 1.82) is 0 Å². The molecule has 7 heteroatoms. The van der Waals surface area contributed by atoms with Crippen molar-refractivity contribution in [3.8, 4) is 34.1 Å². The maximum atomic E-state index is 11.9. The van der Waals surface area contributed by atoms with Crippen LogP contribution in [0.3, 0.4) is 0 Å². The van der Waals surface area contributed by atoms with Crippen LogP contribution in [0.4, 0.5) is 0 Å². The summed E-state index contributed by atoms with van der Waals surface area (Å²) in [6.07, 6.45) is 11.0. The van der Waals surface area contributed by atoms with Crippen molar-refractivity contribution in [1.82, 2.24) is 19.1 Å². The van der Waals surface area contributed by atoms with Gasteiger partial charge in [0.2, 0.25) is 0 Å². The average molecular weight is 842 g/mol. The van der Waals surface area contributed by atoms with E-state index in [4.69, 9.17) is 9.97 Å². The number of aromatic hydroxyl groups is 1. The molecule has 0 amide bonds. The summed E-state index contributed by atoms with van der Waals surface area (Å²) in [5.74, 6) is 0.265. The maximum absolute atomic E-state index is 11.9. The van der Waals surface area contributed by atoms with Gasteiger partial charge in [-0.15, -0.1) is 0 Å². The summed E-state index contributed by atoms with van der Waals surface area (Å²) in [5, 5.41) is 12.8. The summed E-state index contributed by atoms with van der Waals surface area (Å²) in [7, 11) is 0. The topological polar surface area (TPSA) is 59.8 Å². The molecule has 0 atom stereocenters. The smallest absolute Gasteiger partial charge is 0.511 e. The Morgan fingerprint density at radius 2 is 1.36 bits per heavy atom. The van der Waals surface area contributed by atoms with E-state index in [2.05, 4.69) is 134 Å². The number of rotatable bonds is 4. The number of imidazole rings is 1. The molecule has 50 heavy (non-hydrogen) atoms. The molecule has 0 unspecified atom stereocenters. The largest absolute Gasteiger partial charge is 2.00 e. The first kappa shape index (κ1) is 35.3. The van der Waals surface area contributed by atoms with E-state index in [0.717, 1.165) is 55.8 Å². The first-order valence-electron chi connectivity index (χ1n) is 16.9. The van der Waals surface area contributed by atoms with E-state index in [1.54, 1.807) is 0 Å². The zero-order valence-corrected chi connectivity index (χ0v) is 32.5. The SMILES string of the molecule is CC(C)(C)c1ccnc(-c2[c-]n(-c3ccccc3-[n+]3[c-]n(-c4cc(C(C)(C)C)cc(C(C)(C)C)c4O)c4ccccc43)c3ncccc23)c1.[Pt+2]. The van der Waals surface area contributed by atoms with E-state index in [9.17, 15) is 5.11 Å². The van der Waals surface area contributed by atoms with Crippen molar-refractivity contribution in [3.05, 3.63) is 127 Å². The molecule has 0 aliphatic heterocycles. The number of aromatic nitrogens is 5. The zero-order valence-electron chi connectivity index (χ0n) is 30.2. The van der Waals surface area contributed by atoms with Gasteiger partial charge in [-0.2, -0.15) is 0 Å². The van der Waals surface area contributed by atoms with E-state index in [1.165, 1.54) is 5.56 Å². The summed E-state index contributed by atoms with van der Waals surface area (Å²) in [4.78, 5) is 9.63. The Morgan fingerprint density at radius 3 is 2.08 bits per heavy atom. The summed E-state index contributed by atoms with van der Waals surface area (Å²) in [6.45, 7) is 19.7. The monoisotopic (exact) mass is 841 g/mol. The number of phenols is 1. The van der Waals surface area contributed by atoms with Gasteiger partial charge in [0.1, 0.15) is 11.4 Å². The van der Waals surface area contributed by atoms with Crippen LogP contribution in [-0.4, -0.2) is 24.2 Å². The molecule has 0 saturated heterocycles. The number of fused-ring (bicyclic) bond motifs is 2. The molecule has 7 rings (SSSR count). The van der Waals surface area contributed by atoms with Crippen LogP contribution in [0.2, 0.25) is 0 Å². The minimum absolute atomic E-state index is 0. The number of phenolic OH excluding ortho intramolecular Hbond substituents is 1. The van der Waals surface area contributed by atoms with Crippen LogP contribution in [0.1, 0.15) is 79.0 Å². The molecule has 4 aromatic heterocycles. The van der Waals surface area contributed by atoms with Gasteiger partial charge in [-0.3, -0.25) is 19.1 Å². The van der Waals surface area contributed by atoms with E-state index in [1.807, 2.05) is 51.9 Å². The summed E-state index contributed by atoms with van der Waals surface area (Å²) in [5.41, 5.74) is 9.83. The molecule has 0 radical (unpaired) electrons. The van der Waals surface area contributed by atoms with Gasteiger partial charge in [-0.1, -0.05) is 146 Å². The Bertz CT molecular complexity index is 2360. The second kappa shape index (κ2) is 12.7. The predicted molar refractivity (Wildman–Crippen MR) is 198 cm³/mol. The van der Waals surface area contributed by atoms with Gasteiger partial charge in [0.15, 0.2) is 0 Å². The number of hydrogen-bond donors (Lipinski definition) is 1. The number of pyridine rings is 2. The van der Waals surface area contributed by atoms with Crippen LogP contribution >= 0.6 is 0 Å². The van der Waals surface area contributed by atoms with Gasteiger partial charge >= 0.3 is 21.1 Å². The van der Waals surface area contributed by atoms with Gasteiger partial charge in [0.05, 0.1) is 16.7 Å². The molecular formula is C43H44N5OPt+. The normalized spacial score (nSPS) is 12.4. The van der Waals surface area contributed by atoms with Crippen molar-refractivity contribution in [3.63, 3.8) is 0 Å². The quantitative estimate of drug-likeness (QED) is 0.142. The molecule has 0 saturated carbocycles. The fourth-order valence-electron chi connectivity index (χ4n) is 6.45. The van der Waals surface area contributed by atoms with Crippen LogP contribution in [0.25, 0.3) is 50.4 Å². The van der Waals surface area contributed by atoms with Crippen LogP contribution in [0.5, 0.6) is 5.75 Å². The maximum Gasteiger partial charge on any atom is 2.00 e. The fraction of sp³-hybridized carbons (Fsp3) is 0.279. The molecule has 1 N–H and O–H groups in total. The molecule has 0 aliphatic rings. The van der Waals surface area contributed by atoms with Crippen LogP contribution < -0.4 is 4.57 Å². The zero-order chi connectivity index (χ0) is 34.9. The molecule has 6 nitrogen and oxygen atoms in total. The molecule has 0 spiro atoms. The fourth-order valence-corrected chi connectivity index (χ4v) is 6.45. The van der Waals surface area contributed by atoms with Crippen LogP contribution in [0.15, 0.2) is 97.3 Å². The van der Waals surface area contributed by atoms with E-state index in [-0.39, 0.29) is 43.1 Å². The summed E-state index contributed by atoms with van der Waals surface area (Å²) in [6, 6.07) is 29.0. The van der Waals surface area contributed by atoms with Crippen molar-refractivity contribution >= 4 is 22.1 Å². The Balaban J connectivity index is 0.00000432. The van der Waals surface area contributed by atoms with Crippen molar-refractivity contribution in [2.45, 2.75) is 78.6 Å². The Morgan fingerprint density at radius 1 is 0.660 bits per heavy atom. The Kier molecular flexibility index (Phi) is 8.93. The third-order valence-electron chi connectivity index (χ3n) is 9.31. The second-order valence-corrected chi connectivity index (χ2v) is 16.0. The third kappa shape index (κ3) is 6.19.